The Balaban J connectivity index is 2.95. The lowest BCUT2D eigenvalue weighted by molar-refractivity contribution is -0.114. The molecule has 0 saturated carbocycles. The summed E-state index contributed by atoms with van der Waals surface area (Å²) >= 11 is 0. The van der Waals surface area contributed by atoms with Crippen LogP contribution in [0.25, 0.3) is 0 Å². The standard InChI is InChI=1S/C7H10N2O/c1-7(8,6-10)9-4-2-3-5-9/h2-6H,8H2,1H3. The minimum Gasteiger partial charge on any atom is -0.330 e. The molecule has 0 aliphatic rings. The summed E-state index contributed by atoms with van der Waals surface area (Å²) in [5.41, 5.74) is 4.68. The molecular weight excluding hydrogens is 128 g/mol. The maximum absolute atomic E-state index is 10.4. The van der Waals surface area contributed by atoms with Gasteiger partial charge in [0.1, 0.15) is 5.66 Å². The van der Waals surface area contributed by atoms with Crippen LogP contribution in [0.5, 0.6) is 0 Å². The molecule has 1 rings (SSSR count). The summed E-state index contributed by atoms with van der Waals surface area (Å²) < 4.78 is 1.65. The highest BCUT2D eigenvalue weighted by molar-refractivity contribution is 5.59. The van der Waals surface area contributed by atoms with Crippen LogP contribution in [0.4, 0.5) is 0 Å². The number of carbonyl (C=O) groups is 1. The van der Waals surface area contributed by atoms with Crippen LogP contribution in [0.2, 0.25) is 0 Å². The second kappa shape index (κ2) is 2.27. The van der Waals surface area contributed by atoms with Gasteiger partial charge in [0.25, 0.3) is 0 Å². The van der Waals surface area contributed by atoms with Gasteiger partial charge in [-0.25, -0.2) is 0 Å². The van der Waals surface area contributed by atoms with Crippen LogP contribution in [0, 0.1) is 0 Å². The average Bonchev–Trinajstić information content (AvgIpc) is 2.38. The van der Waals surface area contributed by atoms with Gasteiger partial charge in [-0.3, -0.25) is 4.79 Å². The van der Waals surface area contributed by atoms with Crippen LogP contribution in [0.1, 0.15) is 6.92 Å². The quantitative estimate of drug-likeness (QED) is 0.598. The zero-order chi connectivity index (χ0) is 7.61. The van der Waals surface area contributed by atoms with Crippen molar-refractivity contribution in [1.82, 2.24) is 4.57 Å². The third-order valence-electron chi connectivity index (χ3n) is 1.40. The molecule has 1 aromatic rings. The molecule has 1 atom stereocenters. The van der Waals surface area contributed by atoms with Gasteiger partial charge in [-0.15, -0.1) is 0 Å². The van der Waals surface area contributed by atoms with Crippen LogP contribution in [0.15, 0.2) is 24.5 Å². The molecule has 3 heteroatoms. The van der Waals surface area contributed by atoms with Crippen molar-refractivity contribution in [3.8, 4) is 0 Å². The molecule has 0 saturated heterocycles. The lowest BCUT2D eigenvalue weighted by Gasteiger charge is -2.18. The van der Waals surface area contributed by atoms with Gasteiger partial charge in [0.05, 0.1) is 0 Å². The fourth-order valence-corrected chi connectivity index (χ4v) is 0.717. The molecule has 2 N–H and O–H groups in total. The van der Waals surface area contributed by atoms with Gasteiger partial charge in [-0.1, -0.05) is 0 Å². The number of aromatic nitrogens is 1. The number of rotatable bonds is 2. The summed E-state index contributed by atoms with van der Waals surface area (Å²) in [7, 11) is 0. The van der Waals surface area contributed by atoms with Crippen LogP contribution < -0.4 is 5.73 Å². The number of hydrogen-bond donors (Lipinski definition) is 1. The maximum atomic E-state index is 10.4. The minimum absolute atomic E-state index is 0.715. The van der Waals surface area contributed by atoms with E-state index in [2.05, 4.69) is 0 Å². The van der Waals surface area contributed by atoms with Crippen molar-refractivity contribution in [3.05, 3.63) is 24.5 Å². The topological polar surface area (TPSA) is 48.0 Å². The fraction of sp³-hybridized carbons (Fsp3) is 0.286. The Morgan fingerprint density at radius 2 is 2.00 bits per heavy atom. The number of hydrogen-bond acceptors (Lipinski definition) is 2. The van der Waals surface area contributed by atoms with Crippen molar-refractivity contribution in [3.63, 3.8) is 0 Å². The molecule has 3 nitrogen and oxygen atoms in total. The minimum atomic E-state index is -0.899. The monoisotopic (exact) mass is 138 g/mol. The lowest BCUT2D eigenvalue weighted by atomic mass is 10.2. The number of carbonyl (C=O) groups excluding carboxylic acids is 1. The summed E-state index contributed by atoms with van der Waals surface area (Å²) in [6, 6.07) is 3.66. The molecule has 0 amide bonds. The van der Waals surface area contributed by atoms with E-state index in [4.69, 9.17) is 5.73 Å². The van der Waals surface area contributed by atoms with Crippen molar-refractivity contribution < 1.29 is 4.79 Å². The predicted octanol–water partition coefficient (Wildman–Crippen LogP) is 0.318. The summed E-state index contributed by atoms with van der Waals surface area (Å²) in [4.78, 5) is 10.4. The molecule has 0 bridgehead atoms. The van der Waals surface area contributed by atoms with E-state index >= 15 is 0 Å². The summed E-state index contributed by atoms with van der Waals surface area (Å²) in [6.07, 6.45) is 4.23. The molecule has 10 heavy (non-hydrogen) atoms. The Labute approximate surface area is 59.4 Å². The van der Waals surface area contributed by atoms with Gasteiger partial charge >= 0.3 is 0 Å². The highest BCUT2D eigenvalue weighted by atomic mass is 16.1. The number of nitrogens with two attached hydrogens (primary N) is 1. The van der Waals surface area contributed by atoms with E-state index in [9.17, 15) is 4.79 Å². The molecule has 1 aromatic heterocycles. The Hall–Kier alpha value is -1.09. The first-order valence-electron chi connectivity index (χ1n) is 3.05. The molecule has 1 heterocycles. The zero-order valence-electron chi connectivity index (χ0n) is 5.82. The van der Waals surface area contributed by atoms with Crippen molar-refractivity contribution in [1.29, 1.82) is 0 Å². The van der Waals surface area contributed by atoms with Crippen LogP contribution >= 0.6 is 0 Å². The smallest absolute Gasteiger partial charge is 0.160 e. The van der Waals surface area contributed by atoms with Gasteiger partial charge in [-0.2, -0.15) is 0 Å². The third kappa shape index (κ3) is 1.09. The molecule has 54 valence electrons. The Morgan fingerprint density at radius 3 is 2.40 bits per heavy atom. The van der Waals surface area contributed by atoms with Gasteiger partial charge in [0.2, 0.25) is 0 Å². The van der Waals surface area contributed by atoms with Gasteiger partial charge in [0, 0.05) is 12.4 Å². The SMILES string of the molecule is CC(N)(C=O)n1cccc1. The van der Waals surface area contributed by atoms with Crippen LogP contribution in [-0.2, 0) is 10.5 Å². The van der Waals surface area contributed by atoms with Crippen molar-refractivity contribution >= 4 is 6.29 Å². The Morgan fingerprint density at radius 1 is 1.50 bits per heavy atom. The summed E-state index contributed by atoms with van der Waals surface area (Å²) in [6.45, 7) is 1.65. The summed E-state index contributed by atoms with van der Waals surface area (Å²) in [5, 5.41) is 0. The molecule has 0 spiro atoms. The predicted molar refractivity (Wildman–Crippen MR) is 38.3 cm³/mol. The molecule has 0 aromatic carbocycles. The van der Waals surface area contributed by atoms with Gasteiger partial charge in [0.15, 0.2) is 6.29 Å². The second-order valence-electron chi connectivity index (χ2n) is 2.43. The van der Waals surface area contributed by atoms with E-state index in [1.54, 1.807) is 23.9 Å². The molecule has 0 radical (unpaired) electrons. The van der Waals surface area contributed by atoms with E-state index in [0.29, 0.717) is 6.29 Å². The van der Waals surface area contributed by atoms with Crippen molar-refractivity contribution in [2.45, 2.75) is 12.6 Å². The zero-order valence-corrected chi connectivity index (χ0v) is 5.82. The van der Waals surface area contributed by atoms with Crippen LogP contribution in [-0.4, -0.2) is 10.9 Å². The maximum Gasteiger partial charge on any atom is 0.160 e. The van der Waals surface area contributed by atoms with Crippen molar-refractivity contribution in [2.75, 3.05) is 0 Å². The molecule has 1 unspecified atom stereocenters. The van der Waals surface area contributed by atoms with E-state index in [0.717, 1.165) is 0 Å². The number of aldehydes is 1. The largest absolute Gasteiger partial charge is 0.330 e. The lowest BCUT2D eigenvalue weighted by Crippen LogP contribution is -2.40. The highest BCUT2D eigenvalue weighted by Crippen LogP contribution is 2.03. The first kappa shape index (κ1) is 7.02. The van der Waals surface area contributed by atoms with E-state index < -0.39 is 5.66 Å². The molecule has 0 aliphatic carbocycles. The van der Waals surface area contributed by atoms with E-state index in [1.165, 1.54) is 0 Å². The molecule has 0 fully saturated rings. The molecular formula is C7H10N2O. The Kier molecular flexibility index (Phi) is 1.59. The van der Waals surface area contributed by atoms with Gasteiger partial charge in [-0.05, 0) is 19.1 Å². The normalized spacial score (nSPS) is 16.2. The van der Waals surface area contributed by atoms with Crippen molar-refractivity contribution in [2.24, 2.45) is 5.73 Å². The van der Waals surface area contributed by atoms with E-state index in [-0.39, 0.29) is 0 Å². The highest BCUT2D eigenvalue weighted by Gasteiger charge is 2.16. The first-order valence-corrected chi connectivity index (χ1v) is 3.05. The summed E-state index contributed by atoms with van der Waals surface area (Å²) in [5.74, 6) is 0. The van der Waals surface area contributed by atoms with Crippen LogP contribution in [0.3, 0.4) is 0 Å². The number of nitrogens with zero attached hydrogens (tertiary/aromatic N) is 1. The Bertz CT molecular complexity index is 214. The van der Waals surface area contributed by atoms with Gasteiger partial charge < -0.3 is 10.3 Å². The van der Waals surface area contributed by atoms with E-state index in [1.807, 2.05) is 12.1 Å². The molecule has 0 aliphatic heterocycles. The fourth-order valence-electron chi connectivity index (χ4n) is 0.717. The average molecular weight is 138 g/mol. The first-order chi connectivity index (χ1) is 4.67. The third-order valence-corrected chi connectivity index (χ3v) is 1.40. The second-order valence-corrected chi connectivity index (χ2v) is 2.43.